The first-order valence-electron chi connectivity index (χ1n) is 7.89. The fraction of sp³-hybridized carbons (Fsp3) is 0.867. The highest BCUT2D eigenvalue weighted by molar-refractivity contribution is 5.96. The van der Waals surface area contributed by atoms with E-state index in [4.69, 9.17) is 5.41 Å². The molecule has 4 nitrogen and oxygen atoms in total. The number of rotatable bonds is 3. The van der Waals surface area contributed by atoms with E-state index in [-0.39, 0.29) is 11.8 Å². The van der Waals surface area contributed by atoms with Crippen molar-refractivity contribution in [3.8, 4) is 0 Å². The van der Waals surface area contributed by atoms with Crippen molar-refractivity contribution in [1.29, 1.82) is 5.41 Å². The van der Waals surface area contributed by atoms with Crippen LogP contribution in [0.1, 0.15) is 58.3 Å². The first-order valence-corrected chi connectivity index (χ1v) is 7.89. The summed E-state index contributed by atoms with van der Waals surface area (Å²) in [6, 6.07) is 0. The van der Waals surface area contributed by atoms with Gasteiger partial charge >= 0.3 is 0 Å². The summed E-state index contributed by atoms with van der Waals surface area (Å²) >= 11 is 0. The molecule has 1 aliphatic carbocycles. The van der Waals surface area contributed by atoms with Crippen molar-refractivity contribution >= 4 is 11.9 Å². The van der Waals surface area contributed by atoms with E-state index in [1.165, 1.54) is 19.3 Å². The number of likely N-dealkylation sites (tertiary alicyclic amines) is 1. The zero-order chi connectivity index (χ0) is 13.7. The lowest BCUT2D eigenvalue weighted by Crippen LogP contribution is -2.50. The number of carbonyl (C=O) groups excluding carboxylic acids is 1. The molecule has 1 amide bonds. The van der Waals surface area contributed by atoms with Crippen LogP contribution < -0.4 is 0 Å². The van der Waals surface area contributed by atoms with Crippen molar-refractivity contribution in [2.75, 3.05) is 19.6 Å². The topological polar surface area (TPSA) is 47.4 Å². The second-order valence-electron chi connectivity index (χ2n) is 5.84. The average molecular weight is 265 g/mol. The maximum absolute atomic E-state index is 12.6. The van der Waals surface area contributed by atoms with Crippen LogP contribution >= 0.6 is 0 Å². The van der Waals surface area contributed by atoms with Crippen LogP contribution in [-0.2, 0) is 4.79 Å². The van der Waals surface area contributed by atoms with Gasteiger partial charge in [-0.2, -0.15) is 0 Å². The van der Waals surface area contributed by atoms with Gasteiger partial charge in [0.05, 0.1) is 0 Å². The lowest BCUT2D eigenvalue weighted by atomic mass is 10.1. The van der Waals surface area contributed by atoms with E-state index in [0.717, 1.165) is 45.2 Å². The standard InChI is InChI=1S/C15H27N3O/c1-2-10-18(14(19)13-8-4-5-9-13)15(16)17-11-6-3-7-12-17/h13,16H,2-12H2,1H3. The number of amides is 1. The zero-order valence-electron chi connectivity index (χ0n) is 12.2. The molecule has 1 aliphatic heterocycles. The summed E-state index contributed by atoms with van der Waals surface area (Å²) in [4.78, 5) is 16.4. The highest BCUT2D eigenvalue weighted by atomic mass is 16.2. The maximum atomic E-state index is 12.6. The molecule has 0 aromatic heterocycles. The highest BCUT2D eigenvalue weighted by Crippen LogP contribution is 2.27. The fourth-order valence-electron chi connectivity index (χ4n) is 3.21. The predicted octanol–water partition coefficient (Wildman–Crippen LogP) is 2.84. The molecule has 0 aromatic rings. The summed E-state index contributed by atoms with van der Waals surface area (Å²) in [5, 5.41) is 8.37. The van der Waals surface area contributed by atoms with Crippen molar-refractivity contribution in [1.82, 2.24) is 9.80 Å². The van der Waals surface area contributed by atoms with Crippen molar-refractivity contribution in [3.05, 3.63) is 0 Å². The normalized spacial score (nSPS) is 20.6. The number of guanidine groups is 1. The van der Waals surface area contributed by atoms with Gasteiger partial charge in [-0.3, -0.25) is 15.1 Å². The van der Waals surface area contributed by atoms with E-state index in [1.807, 2.05) is 0 Å². The number of piperidine rings is 1. The number of carbonyl (C=O) groups is 1. The molecule has 0 spiro atoms. The molecule has 0 bridgehead atoms. The van der Waals surface area contributed by atoms with Gasteiger partial charge in [-0.05, 0) is 38.5 Å². The van der Waals surface area contributed by atoms with Crippen LogP contribution in [0, 0.1) is 11.3 Å². The molecule has 4 heteroatoms. The van der Waals surface area contributed by atoms with Crippen molar-refractivity contribution < 1.29 is 4.79 Å². The summed E-state index contributed by atoms with van der Waals surface area (Å²) in [6.45, 7) is 4.66. The van der Waals surface area contributed by atoms with E-state index in [0.29, 0.717) is 12.5 Å². The van der Waals surface area contributed by atoms with E-state index in [2.05, 4.69) is 11.8 Å². The second-order valence-corrected chi connectivity index (χ2v) is 5.84. The number of hydrogen-bond acceptors (Lipinski definition) is 2. The van der Waals surface area contributed by atoms with E-state index >= 15 is 0 Å². The average Bonchev–Trinajstić information content (AvgIpc) is 2.98. The van der Waals surface area contributed by atoms with Crippen LogP contribution in [0.4, 0.5) is 0 Å². The highest BCUT2D eigenvalue weighted by Gasteiger charge is 2.31. The Morgan fingerprint density at radius 2 is 1.79 bits per heavy atom. The Morgan fingerprint density at radius 3 is 2.37 bits per heavy atom. The van der Waals surface area contributed by atoms with Gasteiger partial charge in [0.1, 0.15) is 0 Å². The lowest BCUT2D eigenvalue weighted by Gasteiger charge is -2.35. The summed E-state index contributed by atoms with van der Waals surface area (Å²) in [5.41, 5.74) is 0. The molecular weight excluding hydrogens is 238 g/mol. The van der Waals surface area contributed by atoms with Gasteiger partial charge in [0.2, 0.25) is 11.9 Å². The predicted molar refractivity (Wildman–Crippen MR) is 77.1 cm³/mol. The van der Waals surface area contributed by atoms with E-state index in [1.54, 1.807) is 4.90 Å². The van der Waals surface area contributed by atoms with Gasteiger partial charge in [0, 0.05) is 25.6 Å². The van der Waals surface area contributed by atoms with Gasteiger partial charge < -0.3 is 4.90 Å². The Bertz CT molecular complexity index is 317. The minimum atomic E-state index is 0.177. The Labute approximate surface area is 116 Å². The smallest absolute Gasteiger partial charge is 0.232 e. The van der Waals surface area contributed by atoms with Crippen molar-refractivity contribution in [2.24, 2.45) is 5.92 Å². The van der Waals surface area contributed by atoms with Gasteiger partial charge in [-0.1, -0.05) is 19.8 Å². The van der Waals surface area contributed by atoms with E-state index in [9.17, 15) is 4.79 Å². The molecule has 2 aliphatic rings. The molecule has 19 heavy (non-hydrogen) atoms. The van der Waals surface area contributed by atoms with Crippen molar-refractivity contribution in [2.45, 2.75) is 58.3 Å². The SMILES string of the molecule is CCCN(C(=N)N1CCCCC1)C(=O)C1CCCC1. The minimum Gasteiger partial charge on any atom is -0.343 e. The molecule has 1 saturated carbocycles. The quantitative estimate of drug-likeness (QED) is 0.630. The third kappa shape index (κ3) is 3.48. The summed E-state index contributed by atoms with van der Waals surface area (Å²) in [5.74, 6) is 0.838. The third-order valence-corrected chi connectivity index (χ3v) is 4.33. The Kier molecular flexibility index (Phi) is 5.23. The minimum absolute atomic E-state index is 0.177. The fourth-order valence-corrected chi connectivity index (χ4v) is 3.21. The molecular formula is C15H27N3O. The van der Waals surface area contributed by atoms with E-state index < -0.39 is 0 Å². The Hall–Kier alpha value is -1.06. The van der Waals surface area contributed by atoms with Crippen LogP contribution in [-0.4, -0.2) is 41.3 Å². The molecule has 2 rings (SSSR count). The molecule has 1 heterocycles. The van der Waals surface area contributed by atoms with Crippen LogP contribution in [0.3, 0.4) is 0 Å². The molecule has 108 valence electrons. The maximum Gasteiger partial charge on any atom is 0.232 e. The Balaban J connectivity index is 2.00. The first kappa shape index (κ1) is 14.4. The summed E-state index contributed by atoms with van der Waals surface area (Å²) in [6.07, 6.45) is 8.88. The van der Waals surface area contributed by atoms with Crippen LogP contribution in [0.2, 0.25) is 0 Å². The monoisotopic (exact) mass is 265 g/mol. The number of nitrogens with zero attached hydrogens (tertiary/aromatic N) is 2. The molecule has 1 saturated heterocycles. The molecule has 0 atom stereocenters. The van der Waals surface area contributed by atoms with Crippen LogP contribution in [0.5, 0.6) is 0 Å². The largest absolute Gasteiger partial charge is 0.343 e. The molecule has 0 unspecified atom stereocenters. The number of nitrogens with one attached hydrogen (secondary N) is 1. The lowest BCUT2D eigenvalue weighted by molar-refractivity contribution is -0.132. The zero-order valence-corrected chi connectivity index (χ0v) is 12.2. The summed E-state index contributed by atoms with van der Waals surface area (Å²) in [7, 11) is 0. The second kappa shape index (κ2) is 6.92. The van der Waals surface area contributed by atoms with Crippen molar-refractivity contribution in [3.63, 3.8) is 0 Å². The molecule has 2 fully saturated rings. The molecule has 0 aromatic carbocycles. The van der Waals surface area contributed by atoms with Gasteiger partial charge in [0.25, 0.3) is 0 Å². The van der Waals surface area contributed by atoms with Gasteiger partial charge in [0.15, 0.2) is 0 Å². The molecule has 0 radical (unpaired) electrons. The van der Waals surface area contributed by atoms with Crippen LogP contribution in [0.15, 0.2) is 0 Å². The van der Waals surface area contributed by atoms with Crippen LogP contribution in [0.25, 0.3) is 0 Å². The Morgan fingerprint density at radius 1 is 1.16 bits per heavy atom. The molecule has 1 N–H and O–H groups in total. The third-order valence-electron chi connectivity index (χ3n) is 4.33. The first-order chi connectivity index (χ1) is 9.24. The number of hydrogen-bond donors (Lipinski definition) is 1. The van der Waals surface area contributed by atoms with Gasteiger partial charge in [-0.15, -0.1) is 0 Å². The summed E-state index contributed by atoms with van der Waals surface area (Å²) < 4.78 is 0. The van der Waals surface area contributed by atoms with Gasteiger partial charge in [-0.25, -0.2) is 0 Å².